The highest BCUT2D eigenvalue weighted by molar-refractivity contribution is 5.20. The fourth-order valence-electron chi connectivity index (χ4n) is 10.6. The number of rotatable bonds is 5. The Kier molecular flexibility index (Phi) is 6.45. The average molecular weight is 463 g/mol. The summed E-state index contributed by atoms with van der Waals surface area (Å²) < 4.78 is 0. The molecule has 0 aromatic heterocycles. The Labute approximate surface area is 204 Å². The lowest BCUT2D eigenvalue weighted by molar-refractivity contribution is -0.378. The van der Waals surface area contributed by atoms with Crippen LogP contribution < -0.4 is 0 Å². The Hall–Kier alpha value is -0.120. The largest absolute Gasteiger partial charge is 0.387 e. The maximum absolute atomic E-state index is 11.5. The summed E-state index contributed by atoms with van der Waals surface area (Å²) in [6, 6.07) is 0. The molecule has 4 rings (SSSR count). The molecule has 0 amide bonds. The minimum atomic E-state index is -2.01. The van der Waals surface area contributed by atoms with Crippen LogP contribution in [0.5, 0.6) is 0 Å². The molecule has 4 aliphatic carbocycles. The molecule has 4 aliphatic rings. The van der Waals surface area contributed by atoms with E-state index in [1.54, 1.807) is 0 Å². The van der Waals surface area contributed by atoms with Gasteiger partial charge in [-0.3, -0.25) is 0 Å². The third-order valence-electron chi connectivity index (χ3n) is 12.7. The van der Waals surface area contributed by atoms with Crippen molar-refractivity contribution >= 4 is 0 Å². The van der Waals surface area contributed by atoms with Gasteiger partial charge in [-0.2, -0.15) is 0 Å². The van der Waals surface area contributed by atoms with Crippen LogP contribution in [0.3, 0.4) is 0 Å². The first-order chi connectivity index (χ1) is 15.1. The summed E-state index contributed by atoms with van der Waals surface area (Å²) >= 11 is 0. The molecule has 0 spiro atoms. The van der Waals surface area contributed by atoms with Crippen LogP contribution in [0.1, 0.15) is 120 Å². The third-order valence-corrected chi connectivity index (χ3v) is 12.7. The lowest BCUT2D eigenvalue weighted by Gasteiger charge is -2.72. The Balaban J connectivity index is 1.64. The van der Waals surface area contributed by atoms with E-state index in [1.807, 2.05) is 0 Å². The molecular formula is C30H54O3. The summed E-state index contributed by atoms with van der Waals surface area (Å²) in [6.45, 7) is 18.9. The zero-order chi connectivity index (χ0) is 24.6. The molecule has 0 aromatic carbocycles. The molecule has 4 fully saturated rings. The summed E-state index contributed by atoms with van der Waals surface area (Å²) in [5.41, 5.74) is -0.400. The highest BCUT2D eigenvalue weighted by Gasteiger charge is 2.74. The topological polar surface area (TPSA) is 60.7 Å². The zero-order valence-corrected chi connectivity index (χ0v) is 23.0. The first-order valence-corrected chi connectivity index (χ1v) is 14.3. The average Bonchev–Trinajstić information content (AvgIpc) is 3.04. The molecule has 192 valence electrons. The van der Waals surface area contributed by atoms with E-state index in [0.29, 0.717) is 6.42 Å². The van der Waals surface area contributed by atoms with Crippen molar-refractivity contribution in [2.24, 2.45) is 57.2 Å². The number of fused-ring (bicyclic) bond motifs is 5. The van der Waals surface area contributed by atoms with E-state index >= 15 is 0 Å². The molecule has 0 heterocycles. The van der Waals surface area contributed by atoms with E-state index in [9.17, 15) is 15.3 Å². The van der Waals surface area contributed by atoms with E-state index in [-0.39, 0.29) is 28.1 Å². The number of aliphatic hydroxyl groups excluding tert-OH is 1. The molecule has 9 atom stereocenters. The van der Waals surface area contributed by atoms with Gasteiger partial charge in [0.05, 0.1) is 0 Å². The molecule has 3 N–H and O–H groups in total. The van der Waals surface area contributed by atoms with Crippen LogP contribution in [-0.4, -0.2) is 27.2 Å². The number of hydrogen-bond acceptors (Lipinski definition) is 3. The van der Waals surface area contributed by atoms with Gasteiger partial charge in [-0.1, -0.05) is 74.7 Å². The molecule has 1 unspecified atom stereocenters. The van der Waals surface area contributed by atoms with Gasteiger partial charge in [0.15, 0.2) is 5.79 Å². The predicted octanol–water partition coefficient (Wildman–Crippen LogP) is 6.79. The molecule has 4 saturated carbocycles. The van der Waals surface area contributed by atoms with Crippen LogP contribution in [0.25, 0.3) is 0 Å². The lowest BCUT2D eigenvalue weighted by Crippen LogP contribution is -2.73. The first kappa shape index (κ1) is 26.0. The van der Waals surface area contributed by atoms with Crippen molar-refractivity contribution in [2.75, 3.05) is 0 Å². The SMILES string of the molecule is CC(C)CCC[C@@H](C)[C@H]1CC[C@@]2(C)[C@H]1CC[C@H]1[C@]3(C)[C@@H](CC[C@@]12C)C(C)(C)CC(O)C3(O)O. The van der Waals surface area contributed by atoms with E-state index < -0.39 is 17.3 Å². The Morgan fingerprint density at radius 1 is 0.788 bits per heavy atom. The molecule has 0 aliphatic heterocycles. The highest BCUT2D eigenvalue weighted by Crippen LogP contribution is 2.76. The Bertz CT molecular complexity index is 728. The van der Waals surface area contributed by atoms with Crippen LogP contribution >= 0.6 is 0 Å². The third kappa shape index (κ3) is 3.52. The first-order valence-electron chi connectivity index (χ1n) is 14.3. The Morgan fingerprint density at radius 3 is 2.06 bits per heavy atom. The minimum Gasteiger partial charge on any atom is -0.387 e. The second-order valence-electron chi connectivity index (χ2n) is 14.9. The van der Waals surface area contributed by atoms with Gasteiger partial charge in [-0.25, -0.2) is 0 Å². The van der Waals surface area contributed by atoms with Gasteiger partial charge < -0.3 is 15.3 Å². The summed E-state index contributed by atoms with van der Waals surface area (Å²) in [5.74, 6) is 1.60. The lowest BCUT2D eigenvalue weighted by atomic mass is 9.34. The van der Waals surface area contributed by atoms with Gasteiger partial charge in [0.2, 0.25) is 0 Å². The van der Waals surface area contributed by atoms with E-state index in [1.165, 1.54) is 44.9 Å². The van der Waals surface area contributed by atoms with Gasteiger partial charge in [0.25, 0.3) is 0 Å². The summed E-state index contributed by atoms with van der Waals surface area (Å²) in [4.78, 5) is 0. The van der Waals surface area contributed by atoms with E-state index in [4.69, 9.17) is 0 Å². The maximum Gasteiger partial charge on any atom is 0.195 e. The molecule has 0 saturated heterocycles. The fraction of sp³-hybridized carbons (Fsp3) is 1.00. The standard InChI is InChI=1S/C30H54O3/c1-19(2)10-9-11-20(3)21-14-16-27(6)22(21)12-13-24-28(27,7)17-15-23-26(4,5)18-25(31)30(32,33)29(23,24)8/h19-25,31-33H,9-18H2,1-8H3/t20-,21-,22+,23+,24-,25?,27+,28+,29+/m1/s1. The molecular weight excluding hydrogens is 408 g/mol. The van der Waals surface area contributed by atoms with Crippen molar-refractivity contribution < 1.29 is 15.3 Å². The quantitative estimate of drug-likeness (QED) is 0.394. The smallest absolute Gasteiger partial charge is 0.195 e. The van der Waals surface area contributed by atoms with Crippen molar-refractivity contribution in [3.63, 3.8) is 0 Å². The molecule has 3 nitrogen and oxygen atoms in total. The molecule has 0 radical (unpaired) electrons. The van der Waals surface area contributed by atoms with Gasteiger partial charge in [-0.05, 0) is 96.7 Å². The van der Waals surface area contributed by atoms with Gasteiger partial charge >= 0.3 is 0 Å². The number of hydrogen-bond donors (Lipinski definition) is 3. The van der Waals surface area contributed by atoms with Crippen LogP contribution in [0.2, 0.25) is 0 Å². The molecule has 3 heteroatoms. The molecule has 0 aromatic rings. The Morgan fingerprint density at radius 2 is 1.42 bits per heavy atom. The monoisotopic (exact) mass is 462 g/mol. The second-order valence-corrected chi connectivity index (χ2v) is 14.9. The molecule has 0 bridgehead atoms. The van der Waals surface area contributed by atoms with Crippen molar-refractivity contribution in [3.8, 4) is 0 Å². The van der Waals surface area contributed by atoms with Gasteiger partial charge in [0, 0.05) is 5.41 Å². The fourth-order valence-corrected chi connectivity index (χ4v) is 10.6. The van der Waals surface area contributed by atoms with Crippen LogP contribution in [0.4, 0.5) is 0 Å². The van der Waals surface area contributed by atoms with Crippen LogP contribution in [0, 0.1) is 57.2 Å². The van der Waals surface area contributed by atoms with Crippen molar-refractivity contribution in [2.45, 2.75) is 131 Å². The van der Waals surface area contributed by atoms with Crippen LogP contribution in [-0.2, 0) is 0 Å². The van der Waals surface area contributed by atoms with E-state index in [0.717, 1.165) is 36.5 Å². The van der Waals surface area contributed by atoms with E-state index in [2.05, 4.69) is 55.4 Å². The van der Waals surface area contributed by atoms with Crippen molar-refractivity contribution in [1.29, 1.82) is 0 Å². The van der Waals surface area contributed by atoms with Crippen molar-refractivity contribution in [3.05, 3.63) is 0 Å². The van der Waals surface area contributed by atoms with Crippen LogP contribution in [0.15, 0.2) is 0 Å². The zero-order valence-electron chi connectivity index (χ0n) is 23.0. The highest BCUT2D eigenvalue weighted by atomic mass is 16.5. The summed E-state index contributed by atoms with van der Waals surface area (Å²) in [6.07, 6.45) is 10.6. The second kappa shape index (κ2) is 8.20. The minimum absolute atomic E-state index is 0.0780. The van der Waals surface area contributed by atoms with Gasteiger partial charge in [0.1, 0.15) is 6.10 Å². The normalized spacial score (nSPS) is 49.3. The maximum atomic E-state index is 11.5. The van der Waals surface area contributed by atoms with Gasteiger partial charge in [-0.15, -0.1) is 0 Å². The predicted molar refractivity (Wildman–Crippen MR) is 135 cm³/mol. The molecule has 33 heavy (non-hydrogen) atoms. The van der Waals surface area contributed by atoms with Crippen molar-refractivity contribution in [1.82, 2.24) is 0 Å². The summed E-state index contributed by atoms with van der Waals surface area (Å²) in [5, 5.41) is 33.9. The number of aliphatic hydroxyl groups is 3. The summed E-state index contributed by atoms with van der Waals surface area (Å²) in [7, 11) is 0.